The summed E-state index contributed by atoms with van der Waals surface area (Å²) in [4.78, 5) is 11.7. The molecule has 126 valence electrons. The smallest absolute Gasteiger partial charge is 0.331 e. The molecule has 0 fully saturated rings. The van der Waals surface area contributed by atoms with E-state index in [-0.39, 0.29) is 12.4 Å². The maximum Gasteiger partial charge on any atom is 0.331 e. The number of ether oxygens (including phenoxy) is 3. The van der Waals surface area contributed by atoms with Crippen LogP contribution >= 0.6 is 11.6 Å². The van der Waals surface area contributed by atoms with Crippen LogP contribution in [0.25, 0.3) is 6.08 Å². The minimum atomic E-state index is -0.523. The number of benzene rings is 2. The summed E-state index contributed by atoms with van der Waals surface area (Å²) < 4.78 is 28.2. The molecule has 0 unspecified atom stereocenters. The average molecular weight is 351 g/mol. The minimum Gasteiger partial charge on any atom is -0.493 e. The second kappa shape index (κ2) is 8.36. The van der Waals surface area contributed by atoms with Gasteiger partial charge in [0.05, 0.1) is 19.2 Å². The highest BCUT2D eigenvalue weighted by Crippen LogP contribution is 2.36. The zero-order valence-electron chi connectivity index (χ0n) is 13.2. The molecule has 0 aliphatic heterocycles. The average Bonchev–Trinajstić information content (AvgIpc) is 2.58. The van der Waals surface area contributed by atoms with E-state index in [1.165, 1.54) is 32.4 Å². The van der Waals surface area contributed by atoms with Crippen LogP contribution in [0.1, 0.15) is 11.1 Å². The first-order valence-corrected chi connectivity index (χ1v) is 7.42. The topological polar surface area (TPSA) is 44.8 Å². The molecule has 2 rings (SSSR count). The third-order valence-corrected chi connectivity index (χ3v) is 3.44. The number of methoxy groups -OCH3 is 2. The van der Waals surface area contributed by atoms with Gasteiger partial charge >= 0.3 is 5.97 Å². The van der Waals surface area contributed by atoms with Gasteiger partial charge in [0.2, 0.25) is 0 Å². The molecule has 0 aliphatic rings. The van der Waals surface area contributed by atoms with Gasteiger partial charge in [-0.15, -0.1) is 0 Å². The summed E-state index contributed by atoms with van der Waals surface area (Å²) in [5.74, 6) is 0.0278. The summed E-state index contributed by atoms with van der Waals surface area (Å²) in [6.07, 6.45) is 2.84. The lowest BCUT2D eigenvalue weighted by Gasteiger charge is -2.10. The minimum absolute atomic E-state index is 0.0656. The molecule has 0 heterocycles. The molecular weight excluding hydrogens is 335 g/mol. The highest BCUT2D eigenvalue weighted by Gasteiger charge is 2.10. The standard InChI is InChI=1S/C18H16ClFO4/c1-22-16-10-13(9-15(19)18(16)23-2)5-8-17(21)24-11-12-3-6-14(20)7-4-12/h3-10H,11H2,1-2H3. The van der Waals surface area contributed by atoms with Crippen molar-refractivity contribution in [2.24, 2.45) is 0 Å². The lowest BCUT2D eigenvalue weighted by Crippen LogP contribution is -2.00. The Morgan fingerprint density at radius 1 is 1.17 bits per heavy atom. The Hall–Kier alpha value is -2.53. The number of esters is 1. The predicted molar refractivity (Wildman–Crippen MR) is 89.8 cm³/mol. The predicted octanol–water partition coefficient (Wildman–Crippen LogP) is 4.25. The van der Waals surface area contributed by atoms with E-state index in [4.69, 9.17) is 25.8 Å². The highest BCUT2D eigenvalue weighted by molar-refractivity contribution is 6.32. The molecule has 0 spiro atoms. The number of halogens is 2. The molecule has 0 saturated heterocycles. The summed E-state index contributed by atoms with van der Waals surface area (Å²) in [5, 5.41) is 0.371. The van der Waals surface area contributed by atoms with E-state index in [9.17, 15) is 9.18 Å². The zero-order chi connectivity index (χ0) is 17.5. The molecule has 0 aromatic heterocycles. The van der Waals surface area contributed by atoms with Gasteiger partial charge in [-0.25, -0.2) is 9.18 Å². The lowest BCUT2D eigenvalue weighted by molar-refractivity contribution is -0.138. The second-order valence-corrected chi connectivity index (χ2v) is 5.21. The maximum atomic E-state index is 12.8. The van der Waals surface area contributed by atoms with Gasteiger partial charge in [0.25, 0.3) is 0 Å². The van der Waals surface area contributed by atoms with Crippen molar-refractivity contribution in [1.29, 1.82) is 0 Å². The normalized spacial score (nSPS) is 10.7. The fourth-order valence-corrected chi connectivity index (χ4v) is 2.28. The van der Waals surface area contributed by atoms with E-state index in [0.29, 0.717) is 27.6 Å². The number of carbonyl (C=O) groups excluding carboxylic acids is 1. The summed E-state index contributed by atoms with van der Waals surface area (Å²) in [7, 11) is 2.99. The van der Waals surface area contributed by atoms with Crippen molar-refractivity contribution in [2.75, 3.05) is 14.2 Å². The van der Waals surface area contributed by atoms with E-state index in [1.54, 1.807) is 30.3 Å². The summed E-state index contributed by atoms with van der Waals surface area (Å²) >= 11 is 6.10. The number of rotatable bonds is 6. The highest BCUT2D eigenvalue weighted by atomic mass is 35.5. The van der Waals surface area contributed by atoms with Gasteiger partial charge < -0.3 is 14.2 Å². The van der Waals surface area contributed by atoms with Crippen LogP contribution in [0.3, 0.4) is 0 Å². The van der Waals surface area contributed by atoms with Crippen molar-refractivity contribution in [1.82, 2.24) is 0 Å². The summed E-state index contributed by atoms with van der Waals surface area (Å²) in [6.45, 7) is 0.0656. The van der Waals surface area contributed by atoms with Gasteiger partial charge in [-0.1, -0.05) is 23.7 Å². The Morgan fingerprint density at radius 3 is 2.50 bits per heavy atom. The van der Waals surface area contributed by atoms with Gasteiger partial charge in [-0.2, -0.15) is 0 Å². The van der Waals surface area contributed by atoms with Crippen molar-refractivity contribution >= 4 is 23.6 Å². The van der Waals surface area contributed by atoms with Gasteiger partial charge in [0, 0.05) is 6.08 Å². The fourth-order valence-electron chi connectivity index (χ4n) is 1.98. The number of hydrogen-bond acceptors (Lipinski definition) is 4. The molecule has 0 radical (unpaired) electrons. The fraction of sp³-hybridized carbons (Fsp3) is 0.167. The molecule has 0 bridgehead atoms. The Labute approximate surface area is 144 Å². The van der Waals surface area contributed by atoms with Crippen LogP contribution in [0.15, 0.2) is 42.5 Å². The van der Waals surface area contributed by atoms with Crippen molar-refractivity contribution in [3.63, 3.8) is 0 Å². The van der Waals surface area contributed by atoms with E-state index in [1.807, 2.05) is 0 Å². The molecule has 2 aromatic rings. The Bertz CT molecular complexity index is 741. The number of carbonyl (C=O) groups is 1. The first-order valence-electron chi connectivity index (χ1n) is 7.04. The van der Waals surface area contributed by atoms with Crippen molar-refractivity contribution in [2.45, 2.75) is 6.61 Å². The van der Waals surface area contributed by atoms with E-state index < -0.39 is 5.97 Å². The Balaban J connectivity index is 2.00. The van der Waals surface area contributed by atoms with Crippen molar-refractivity contribution < 1.29 is 23.4 Å². The van der Waals surface area contributed by atoms with Gasteiger partial charge in [-0.3, -0.25) is 0 Å². The third kappa shape index (κ3) is 4.73. The van der Waals surface area contributed by atoms with Crippen molar-refractivity contribution in [3.8, 4) is 11.5 Å². The van der Waals surface area contributed by atoms with Crippen LogP contribution < -0.4 is 9.47 Å². The van der Waals surface area contributed by atoms with Crippen LogP contribution in [-0.2, 0) is 16.1 Å². The number of hydrogen-bond donors (Lipinski definition) is 0. The van der Waals surface area contributed by atoms with Crippen molar-refractivity contribution in [3.05, 3.63) is 64.4 Å². The first-order chi connectivity index (χ1) is 11.5. The molecule has 4 nitrogen and oxygen atoms in total. The monoisotopic (exact) mass is 350 g/mol. The zero-order valence-corrected chi connectivity index (χ0v) is 14.0. The van der Waals surface area contributed by atoms with Crippen LogP contribution in [0.5, 0.6) is 11.5 Å². The van der Waals surface area contributed by atoms with Crippen LogP contribution in [0.2, 0.25) is 5.02 Å². The lowest BCUT2D eigenvalue weighted by atomic mass is 10.2. The molecule has 2 aromatic carbocycles. The van der Waals surface area contributed by atoms with E-state index in [2.05, 4.69) is 0 Å². The van der Waals surface area contributed by atoms with Crippen LogP contribution in [0, 0.1) is 5.82 Å². The molecule has 0 aliphatic carbocycles. The Morgan fingerprint density at radius 2 is 1.88 bits per heavy atom. The summed E-state index contributed by atoms with van der Waals surface area (Å²) in [6, 6.07) is 9.07. The second-order valence-electron chi connectivity index (χ2n) is 4.81. The van der Waals surface area contributed by atoms with Gasteiger partial charge in [0.15, 0.2) is 11.5 Å². The first kappa shape index (κ1) is 17.8. The SMILES string of the molecule is COc1cc(C=CC(=O)OCc2ccc(F)cc2)cc(Cl)c1OC. The van der Waals surface area contributed by atoms with Crippen LogP contribution in [-0.4, -0.2) is 20.2 Å². The van der Waals surface area contributed by atoms with E-state index in [0.717, 1.165) is 0 Å². The molecule has 0 atom stereocenters. The summed E-state index contributed by atoms with van der Waals surface area (Å²) in [5.41, 5.74) is 1.36. The third-order valence-electron chi connectivity index (χ3n) is 3.16. The quantitative estimate of drug-likeness (QED) is 0.577. The van der Waals surface area contributed by atoms with Gasteiger partial charge in [-0.05, 0) is 41.5 Å². The molecule has 0 amide bonds. The molecule has 0 saturated carbocycles. The molecule has 0 N–H and O–H groups in total. The largest absolute Gasteiger partial charge is 0.493 e. The Kier molecular flexibility index (Phi) is 6.21. The maximum absolute atomic E-state index is 12.8. The van der Waals surface area contributed by atoms with Gasteiger partial charge in [0.1, 0.15) is 12.4 Å². The molecule has 24 heavy (non-hydrogen) atoms. The molecule has 6 heteroatoms. The van der Waals surface area contributed by atoms with Crippen LogP contribution in [0.4, 0.5) is 4.39 Å². The van der Waals surface area contributed by atoms with E-state index >= 15 is 0 Å². The molecular formula is C18H16ClFO4.